The first kappa shape index (κ1) is 50.6. The molecule has 0 spiro atoms. The van der Waals surface area contributed by atoms with E-state index in [4.69, 9.17) is 33.2 Å². The Morgan fingerprint density at radius 1 is 0.333 bits per heavy atom. The Balaban J connectivity index is 0.000000173. The van der Waals surface area contributed by atoms with Gasteiger partial charge in [-0.3, -0.25) is 0 Å². The number of fused-ring (bicyclic) bond motifs is 2. The third kappa shape index (κ3) is 13.7. The predicted octanol–water partition coefficient (Wildman–Crippen LogP) is 17.6. The van der Waals surface area contributed by atoms with Crippen molar-refractivity contribution in [2.75, 3.05) is 9.86 Å². The van der Waals surface area contributed by atoms with Crippen LogP contribution < -0.4 is 5.46 Å². The summed E-state index contributed by atoms with van der Waals surface area (Å²) in [7, 11) is -1.41. The van der Waals surface area contributed by atoms with Gasteiger partial charge in [-0.15, -0.1) is 0 Å². The minimum atomic E-state index is -1.41. The zero-order valence-corrected chi connectivity index (χ0v) is 43.7. The van der Waals surface area contributed by atoms with Gasteiger partial charge in [0.2, 0.25) is 0 Å². The Morgan fingerprint density at radius 2 is 0.652 bits per heavy atom. The summed E-state index contributed by atoms with van der Waals surface area (Å²) in [6, 6.07) is 79.1. The van der Waals surface area contributed by atoms with Gasteiger partial charge in [0, 0.05) is 14.5 Å². The van der Waals surface area contributed by atoms with Crippen LogP contribution in [0.1, 0.15) is 0 Å². The highest BCUT2D eigenvalue weighted by Crippen LogP contribution is 2.36. The van der Waals surface area contributed by atoms with Gasteiger partial charge in [0.05, 0.1) is 0 Å². The topological polar surface area (TPSA) is 40.5 Å². The van der Waals surface area contributed by atoms with Crippen LogP contribution in [0.3, 0.4) is 0 Å². The second-order valence-electron chi connectivity index (χ2n) is 14.7. The van der Waals surface area contributed by atoms with E-state index in [0.29, 0.717) is 10.5 Å². The van der Waals surface area contributed by atoms with Gasteiger partial charge in [0.15, 0.2) is 0 Å². The van der Waals surface area contributed by atoms with Crippen molar-refractivity contribution in [3.8, 4) is 55.6 Å². The smallest absolute Gasteiger partial charge is 0.423 e. The fourth-order valence-electron chi connectivity index (χ4n) is 7.46. The summed E-state index contributed by atoms with van der Waals surface area (Å²) in [5.41, 5.74) is 12.8. The number of hydrogen-bond acceptors (Lipinski definition) is 2. The van der Waals surface area contributed by atoms with Crippen molar-refractivity contribution < 1.29 is 10.0 Å². The van der Waals surface area contributed by atoms with E-state index in [1.54, 1.807) is 24.3 Å². The largest absolute Gasteiger partial charge is 0.488 e. The number of rotatable bonds is 6. The summed E-state index contributed by atoms with van der Waals surface area (Å²) in [4.78, 5) is 3.94. The van der Waals surface area contributed by atoms with E-state index in [1.165, 1.54) is 77.2 Å². The number of alkyl halides is 2. The highest BCUT2D eigenvalue weighted by atomic mass is 127. The fraction of sp³-hybridized carbons (Fsp3) is 0.0345. The summed E-state index contributed by atoms with van der Waals surface area (Å²) >= 11 is 19.4. The molecule has 0 fully saturated rings. The molecule has 0 saturated carbocycles. The van der Waals surface area contributed by atoms with E-state index in [2.05, 4.69) is 255 Å². The van der Waals surface area contributed by atoms with Crippen molar-refractivity contribution in [1.82, 2.24) is 0 Å². The first-order chi connectivity index (χ1) is 32.3. The molecule has 66 heavy (non-hydrogen) atoms. The van der Waals surface area contributed by atoms with Gasteiger partial charge in [-0.25, -0.2) is 0 Å². The second-order valence-corrected chi connectivity index (χ2v) is 16.5. The molecule has 0 aromatic heterocycles. The molecule has 0 radical (unpaired) electrons. The van der Waals surface area contributed by atoms with Crippen molar-refractivity contribution >= 4 is 118 Å². The zero-order chi connectivity index (χ0) is 46.8. The Hall–Kier alpha value is -4.78. The standard InChI is InChI=1S/C28H19Cl.C22H15Br.C6H6BClO2.2CH3I/c29-26-16-14-20(15-17-26)22-10-11-24-19-25(13-12-23(24)18-22)28-9-5-4-8-27(28)21-6-2-1-3-7-21;23-20-13-12-17-14-19(11-10-18(17)15-20)22-9-5-4-8-21(22)16-6-2-1-3-7-16;8-6-3-1-5(2-4-6)7(9)10;2*1-2/h1-19H;1-15H;1-4,9-10H;2*1H3. The third-order valence-corrected chi connectivity index (χ3v) is 11.6. The molecular weight excluding hydrogens is 1140 g/mol. The summed E-state index contributed by atoms with van der Waals surface area (Å²) in [6.45, 7) is 0. The van der Waals surface area contributed by atoms with Crippen molar-refractivity contribution in [3.63, 3.8) is 0 Å². The monoisotopic (exact) mass is 1190 g/mol. The average Bonchev–Trinajstić information content (AvgIpc) is 3.38. The minimum Gasteiger partial charge on any atom is -0.423 e. The quantitative estimate of drug-likeness (QED) is 0.0990. The molecule has 0 amide bonds. The lowest BCUT2D eigenvalue weighted by Gasteiger charge is -2.12. The Bertz CT molecular complexity index is 3080. The molecule has 0 aliphatic rings. The van der Waals surface area contributed by atoms with E-state index in [0.717, 1.165) is 9.50 Å². The highest BCUT2D eigenvalue weighted by Gasteiger charge is 2.11. The first-order valence-electron chi connectivity index (χ1n) is 20.9. The van der Waals surface area contributed by atoms with Crippen molar-refractivity contribution in [3.05, 3.63) is 245 Å². The molecule has 2 nitrogen and oxygen atoms in total. The van der Waals surface area contributed by atoms with Crippen LogP contribution in [0.5, 0.6) is 0 Å². The van der Waals surface area contributed by atoms with Crippen LogP contribution in [0.2, 0.25) is 10.0 Å². The van der Waals surface area contributed by atoms with Gasteiger partial charge in [-0.2, -0.15) is 0 Å². The molecule has 10 aromatic rings. The first-order valence-corrected chi connectivity index (χ1v) is 26.8. The molecule has 328 valence electrons. The van der Waals surface area contributed by atoms with Crippen LogP contribution in [0, 0.1) is 0 Å². The van der Waals surface area contributed by atoms with Gasteiger partial charge in [-0.05, 0) is 147 Å². The number of benzene rings is 10. The summed E-state index contributed by atoms with van der Waals surface area (Å²) in [6.07, 6.45) is 0. The maximum absolute atomic E-state index is 8.63. The van der Waals surface area contributed by atoms with Gasteiger partial charge in [-0.1, -0.05) is 260 Å². The molecule has 0 aliphatic carbocycles. The van der Waals surface area contributed by atoms with E-state index < -0.39 is 7.12 Å². The molecule has 0 bridgehead atoms. The third-order valence-electron chi connectivity index (χ3n) is 10.6. The van der Waals surface area contributed by atoms with E-state index >= 15 is 0 Å². The summed E-state index contributed by atoms with van der Waals surface area (Å²) < 4.78 is 1.11. The molecule has 10 rings (SSSR count). The lowest BCUT2D eigenvalue weighted by atomic mass is 9.81. The number of halogens is 5. The second kappa shape index (κ2) is 25.9. The molecular formula is C58H46BBrCl2I2O2. The fourth-order valence-corrected chi connectivity index (χ4v) is 8.09. The van der Waals surface area contributed by atoms with E-state index in [-0.39, 0.29) is 0 Å². The maximum atomic E-state index is 8.63. The van der Waals surface area contributed by atoms with Crippen LogP contribution in [-0.2, 0) is 0 Å². The minimum absolute atomic E-state index is 0.449. The van der Waals surface area contributed by atoms with E-state index in [9.17, 15) is 0 Å². The lowest BCUT2D eigenvalue weighted by molar-refractivity contribution is 0.426. The average molecular weight is 1190 g/mol. The predicted molar refractivity (Wildman–Crippen MR) is 309 cm³/mol. The Labute approximate surface area is 434 Å². The Morgan fingerprint density at radius 3 is 1.08 bits per heavy atom. The van der Waals surface area contributed by atoms with E-state index in [1.807, 2.05) is 22.0 Å². The molecule has 0 aliphatic heterocycles. The summed E-state index contributed by atoms with van der Waals surface area (Å²) in [5.74, 6) is 0. The van der Waals surface area contributed by atoms with Crippen LogP contribution in [0.25, 0.3) is 77.2 Å². The van der Waals surface area contributed by atoms with Crippen LogP contribution in [-0.4, -0.2) is 27.0 Å². The van der Waals surface area contributed by atoms with Crippen molar-refractivity contribution in [2.45, 2.75) is 0 Å². The molecule has 10 aromatic carbocycles. The summed E-state index contributed by atoms with van der Waals surface area (Å²) in [5, 5.41) is 23.6. The molecule has 0 atom stereocenters. The van der Waals surface area contributed by atoms with Crippen molar-refractivity contribution in [1.29, 1.82) is 0 Å². The highest BCUT2D eigenvalue weighted by molar-refractivity contribution is 14.1. The van der Waals surface area contributed by atoms with Gasteiger partial charge in [0.25, 0.3) is 0 Å². The molecule has 8 heteroatoms. The normalized spacial score (nSPS) is 10.2. The zero-order valence-electron chi connectivity index (χ0n) is 36.3. The molecule has 0 heterocycles. The molecule has 2 N–H and O–H groups in total. The van der Waals surface area contributed by atoms with Gasteiger partial charge >= 0.3 is 7.12 Å². The number of hydrogen-bond donors (Lipinski definition) is 2. The van der Waals surface area contributed by atoms with Crippen LogP contribution in [0.4, 0.5) is 0 Å². The lowest BCUT2D eigenvalue weighted by Crippen LogP contribution is -2.29. The Kier molecular flexibility index (Phi) is 19.9. The van der Waals surface area contributed by atoms with Gasteiger partial charge in [0.1, 0.15) is 0 Å². The van der Waals surface area contributed by atoms with Crippen LogP contribution in [0.15, 0.2) is 235 Å². The van der Waals surface area contributed by atoms with Crippen LogP contribution >= 0.6 is 84.3 Å². The molecule has 0 unspecified atom stereocenters. The van der Waals surface area contributed by atoms with Crippen molar-refractivity contribution in [2.24, 2.45) is 0 Å². The molecule has 0 saturated heterocycles. The SMILES string of the molecule is Brc1ccc2cc(-c3ccccc3-c3ccccc3)ccc2c1.CI.CI.Clc1ccc(-c2ccc3cc(-c4ccccc4-c4ccccc4)ccc3c2)cc1.OB(O)c1ccc(Cl)cc1. The maximum Gasteiger partial charge on any atom is 0.488 e. The van der Waals surface area contributed by atoms with Gasteiger partial charge < -0.3 is 10.0 Å².